The highest BCUT2D eigenvalue weighted by atomic mass is 14.5. The van der Waals surface area contributed by atoms with Crippen molar-refractivity contribution in [2.75, 3.05) is 0 Å². The van der Waals surface area contributed by atoms with Crippen LogP contribution in [0.25, 0.3) is 0 Å². The standard InChI is InChI=1S/C14H26/c1-2-3-4-5-6-7-8-13-9-12-10-14(13)11-12/h12-14H,2-11H2,1H3. The van der Waals surface area contributed by atoms with Crippen molar-refractivity contribution < 1.29 is 0 Å². The Bertz CT molecular complexity index is 155. The summed E-state index contributed by atoms with van der Waals surface area (Å²) in [5.74, 6) is 3.51. The van der Waals surface area contributed by atoms with Crippen molar-refractivity contribution >= 4 is 0 Å². The Morgan fingerprint density at radius 3 is 2.21 bits per heavy atom. The molecule has 0 aromatic carbocycles. The fourth-order valence-electron chi connectivity index (χ4n) is 3.53. The molecule has 3 aliphatic rings. The van der Waals surface area contributed by atoms with Gasteiger partial charge in [-0.2, -0.15) is 0 Å². The van der Waals surface area contributed by atoms with Gasteiger partial charge in [-0.1, -0.05) is 51.9 Å². The number of hydrogen-bond donors (Lipinski definition) is 0. The minimum Gasteiger partial charge on any atom is -0.0654 e. The molecule has 3 fully saturated rings. The zero-order valence-corrected chi connectivity index (χ0v) is 9.80. The van der Waals surface area contributed by atoms with Crippen LogP contribution in [0.1, 0.15) is 71.1 Å². The monoisotopic (exact) mass is 194 g/mol. The van der Waals surface area contributed by atoms with Crippen molar-refractivity contribution in [1.29, 1.82) is 0 Å². The van der Waals surface area contributed by atoms with Gasteiger partial charge in [0.25, 0.3) is 0 Å². The van der Waals surface area contributed by atoms with Crippen LogP contribution < -0.4 is 0 Å². The summed E-state index contributed by atoms with van der Waals surface area (Å²) in [5.41, 5.74) is 0. The average molecular weight is 194 g/mol. The third-order valence-corrected chi connectivity index (χ3v) is 4.50. The molecule has 3 saturated carbocycles. The van der Waals surface area contributed by atoms with Gasteiger partial charge in [0.05, 0.1) is 0 Å². The molecular formula is C14H26. The lowest BCUT2D eigenvalue weighted by Gasteiger charge is -2.24. The second kappa shape index (κ2) is 5.19. The molecule has 3 aliphatic carbocycles. The van der Waals surface area contributed by atoms with Crippen LogP contribution in [0.3, 0.4) is 0 Å². The first-order valence-corrected chi connectivity index (χ1v) is 6.90. The summed E-state index contributed by atoms with van der Waals surface area (Å²) in [7, 11) is 0. The molecule has 0 N–H and O–H groups in total. The largest absolute Gasteiger partial charge is 0.0654 e. The van der Waals surface area contributed by atoms with E-state index in [0.717, 1.165) is 5.92 Å². The van der Waals surface area contributed by atoms with Gasteiger partial charge in [0.2, 0.25) is 0 Å². The predicted octanol–water partition coefficient (Wildman–Crippen LogP) is 4.78. The smallest absolute Gasteiger partial charge is 0.0380 e. The van der Waals surface area contributed by atoms with Crippen molar-refractivity contribution in [2.45, 2.75) is 71.1 Å². The number of fused-ring (bicyclic) bond motifs is 1. The lowest BCUT2D eigenvalue weighted by Crippen LogP contribution is -2.14. The molecule has 0 heteroatoms. The Balaban J connectivity index is 1.43. The fourth-order valence-corrected chi connectivity index (χ4v) is 3.53. The Morgan fingerprint density at radius 2 is 1.57 bits per heavy atom. The van der Waals surface area contributed by atoms with Gasteiger partial charge in [-0.05, 0) is 37.0 Å². The maximum atomic E-state index is 2.30. The van der Waals surface area contributed by atoms with E-state index in [0.29, 0.717) is 0 Å². The van der Waals surface area contributed by atoms with E-state index in [-0.39, 0.29) is 0 Å². The molecule has 3 rings (SSSR count). The van der Waals surface area contributed by atoms with Crippen LogP contribution in [0.4, 0.5) is 0 Å². The summed E-state index contributed by atoms with van der Waals surface area (Å²) in [4.78, 5) is 0. The SMILES string of the molecule is CCCCCCCCC1CC2CC1C2. The van der Waals surface area contributed by atoms with Gasteiger partial charge >= 0.3 is 0 Å². The molecule has 0 aromatic heterocycles. The van der Waals surface area contributed by atoms with Crippen molar-refractivity contribution in [1.82, 2.24) is 0 Å². The Kier molecular flexibility index (Phi) is 3.89. The van der Waals surface area contributed by atoms with E-state index < -0.39 is 0 Å². The van der Waals surface area contributed by atoms with Crippen LogP contribution >= 0.6 is 0 Å². The molecule has 0 spiro atoms. The minimum absolute atomic E-state index is 1.16. The highest BCUT2D eigenvalue weighted by Gasteiger charge is 2.43. The van der Waals surface area contributed by atoms with Crippen LogP contribution in [0.2, 0.25) is 0 Å². The van der Waals surface area contributed by atoms with E-state index in [2.05, 4.69) is 6.92 Å². The highest BCUT2D eigenvalue weighted by molar-refractivity contribution is 4.93. The zero-order valence-electron chi connectivity index (χ0n) is 9.80. The second-order valence-electron chi connectivity index (χ2n) is 5.65. The maximum absolute atomic E-state index is 2.30. The molecule has 0 aromatic rings. The first-order chi connectivity index (χ1) is 6.90. The van der Waals surface area contributed by atoms with Crippen LogP contribution in [0.15, 0.2) is 0 Å². The molecule has 0 amide bonds. The second-order valence-corrected chi connectivity index (χ2v) is 5.65. The van der Waals surface area contributed by atoms with Gasteiger partial charge in [-0.15, -0.1) is 0 Å². The van der Waals surface area contributed by atoms with E-state index in [9.17, 15) is 0 Å². The van der Waals surface area contributed by atoms with Crippen molar-refractivity contribution in [2.24, 2.45) is 17.8 Å². The molecule has 0 radical (unpaired) electrons. The lowest BCUT2D eigenvalue weighted by molar-refractivity contribution is 0.266. The first kappa shape index (κ1) is 10.5. The molecule has 1 atom stereocenters. The third-order valence-electron chi connectivity index (χ3n) is 4.50. The molecule has 0 heterocycles. The number of rotatable bonds is 7. The Hall–Kier alpha value is 0. The first-order valence-electron chi connectivity index (χ1n) is 6.90. The van der Waals surface area contributed by atoms with Crippen LogP contribution in [0.5, 0.6) is 0 Å². The van der Waals surface area contributed by atoms with Crippen LogP contribution in [-0.2, 0) is 0 Å². The Labute approximate surface area is 89.5 Å². The summed E-state index contributed by atoms with van der Waals surface area (Å²) in [6.07, 6.45) is 15.2. The predicted molar refractivity (Wildman–Crippen MR) is 62.3 cm³/mol. The normalized spacial score (nSPS) is 34.5. The zero-order chi connectivity index (χ0) is 9.80. The van der Waals surface area contributed by atoms with Crippen LogP contribution in [0, 0.1) is 17.8 Å². The quantitative estimate of drug-likeness (QED) is 0.511. The van der Waals surface area contributed by atoms with Crippen molar-refractivity contribution in [3.63, 3.8) is 0 Å². The van der Waals surface area contributed by atoms with Gasteiger partial charge in [-0.25, -0.2) is 0 Å². The average Bonchev–Trinajstić information content (AvgIpc) is 2.68. The van der Waals surface area contributed by atoms with E-state index in [1.165, 1.54) is 50.4 Å². The van der Waals surface area contributed by atoms with Gasteiger partial charge < -0.3 is 0 Å². The van der Waals surface area contributed by atoms with Crippen molar-refractivity contribution in [3.05, 3.63) is 0 Å². The Morgan fingerprint density at radius 1 is 0.857 bits per heavy atom. The molecule has 0 aliphatic heterocycles. The molecule has 0 nitrogen and oxygen atoms in total. The van der Waals surface area contributed by atoms with Gasteiger partial charge in [-0.3, -0.25) is 0 Å². The number of unbranched alkanes of at least 4 members (excludes halogenated alkanes) is 5. The summed E-state index contributed by atoms with van der Waals surface area (Å²) < 4.78 is 0. The van der Waals surface area contributed by atoms with E-state index in [1.807, 2.05) is 0 Å². The summed E-state index contributed by atoms with van der Waals surface area (Å²) >= 11 is 0. The molecule has 14 heavy (non-hydrogen) atoms. The third kappa shape index (κ3) is 2.52. The lowest BCUT2D eigenvalue weighted by atomic mass is 9.81. The van der Waals surface area contributed by atoms with Crippen LogP contribution in [-0.4, -0.2) is 0 Å². The minimum atomic E-state index is 1.16. The summed E-state index contributed by atoms with van der Waals surface area (Å²) in [6.45, 7) is 2.30. The molecule has 1 unspecified atom stereocenters. The summed E-state index contributed by atoms with van der Waals surface area (Å²) in [6, 6.07) is 0. The van der Waals surface area contributed by atoms with E-state index in [4.69, 9.17) is 0 Å². The van der Waals surface area contributed by atoms with Crippen molar-refractivity contribution in [3.8, 4) is 0 Å². The fraction of sp³-hybridized carbons (Fsp3) is 1.00. The van der Waals surface area contributed by atoms with E-state index >= 15 is 0 Å². The topological polar surface area (TPSA) is 0 Å². The van der Waals surface area contributed by atoms with Gasteiger partial charge in [0, 0.05) is 0 Å². The molecular weight excluding hydrogens is 168 g/mol. The molecule has 82 valence electrons. The van der Waals surface area contributed by atoms with Gasteiger partial charge in [0.1, 0.15) is 0 Å². The maximum Gasteiger partial charge on any atom is -0.0380 e. The highest BCUT2D eigenvalue weighted by Crippen LogP contribution is 2.53. The molecule has 2 bridgehead atoms. The molecule has 0 saturated heterocycles. The summed E-state index contributed by atoms with van der Waals surface area (Å²) in [5, 5.41) is 0. The number of hydrogen-bond acceptors (Lipinski definition) is 0. The van der Waals surface area contributed by atoms with Gasteiger partial charge in [0.15, 0.2) is 0 Å². The van der Waals surface area contributed by atoms with E-state index in [1.54, 1.807) is 25.7 Å².